The number of imidazole rings is 1. The average molecular weight is 505 g/mol. The number of benzene rings is 1. The largest absolute Gasteiger partial charge is 0.465 e. The zero-order valence-electron chi connectivity index (χ0n) is 21.5. The summed E-state index contributed by atoms with van der Waals surface area (Å²) in [6, 6.07) is 7.60. The number of aromatic nitrogens is 3. The fraction of sp³-hybridized carbons (Fsp3) is 0.560. The number of nitrogens with zero attached hydrogens (tertiary/aromatic N) is 4. The number of carboxylic acid groups (broad SMARTS) is 1. The van der Waals surface area contributed by atoms with Crippen LogP contribution >= 0.6 is 11.6 Å². The summed E-state index contributed by atoms with van der Waals surface area (Å²) in [5, 5.41) is 11.0. The maximum Gasteiger partial charge on any atom is 0.407 e. The summed E-state index contributed by atoms with van der Waals surface area (Å²) in [5.74, 6) is 0.875. The van der Waals surface area contributed by atoms with Gasteiger partial charge in [-0.25, -0.2) is 9.78 Å². The minimum atomic E-state index is -2.10. The van der Waals surface area contributed by atoms with Gasteiger partial charge in [-0.3, -0.25) is 4.98 Å². The third-order valence-corrected chi connectivity index (χ3v) is 11.6. The molecular weight excluding hydrogens is 468 g/mol. The van der Waals surface area contributed by atoms with E-state index in [1.54, 1.807) is 6.20 Å². The predicted molar refractivity (Wildman–Crippen MR) is 141 cm³/mol. The van der Waals surface area contributed by atoms with E-state index in [4.69, 9.17) is 21.0 Å². The van der Waals surface area contributed by atoms with Gasteiger partial charge in [-0.15, -0.1) is 11.6 Å². The van der Waals surface area contributed by atoms with Gasteiger partial charge in [0.05, 0.1) is 35.8 Å². The number of hydrogen-bond donors (Lipinski definition) is 1. The number of para-hydroxylation sites is 1. The van der Waals surface area contributed by atoms with Gasteiger partial charge in [0.25, 0.3) is 0 Å². The second kappa shape index (κ2) is 9.47. The van der Waals surface area contributed by atoms with Crippen molar-refractivity contribution in [1.82, 2.24) is 19.4 Å². The fourth-order valence-electron chi connectivity index (χ4n) is 3.84. The molecule has 1 unspecified atom stereocenters. The molecule has 0 aliphatic rings. The van der Waals surface area contributed by atoms with Gasteiger partial charge in [-0.05, 0) is 45.0 Å². The molecule has 9 heteroatoms. The topological polar surface area (TPSA) is 80.5 Å². The number of alkyl halides is 1. The number of fused-ring (bicyclic) bond motifs is 3. The normalized spacial score (nSPS) is 14.0. The van der Waals surface area contributed by atoms with Crippen LogP contribution in [0.15, 0.2) is 30.5 Å². The van der Waals surface area contributed by atoms with Crippen molar-refractivity contribution in [2.24, 2.45) is 0 Å². The van der Waals surface area contributed by atoms with E-state index in [9.17, 15) is 9.90 Å². The maximum atomic E-state index is 12.3. The molecule has 3 aromatic rings. The Labute approximate surface area is 208 Å². The molecule has 7 nitrogen and oxygen atoms in total. The van der Waals surface area contributed by atoms with Crippen molar-refractivity contribution in [1.29, 1.82) is 0 Å². The molecule has 1 aromatic carbocycles. The molecule has 2 aromatic heterocycles. The molecule has 186 valence electrons. The van der Waals surface area contributed by atoms with Crippen molar-refractivity contribution in [2.45, 2.75) is 77.1 Å². The summed E-state index contributed by atoms with van der Waals surface area (Å²) >= 11 is 6.38. The summed E-state index contributed by atoms with van der Waals surface area (Å²) in [6.07, 6.45) is 0.794. The lowest BCUT2D eigenvalue weighted by Gasteiger charge is -2.40. The molecule has 0 spiro atoms. The highest BCUT2D eigenvalue weighted by molar-refractivity contribution is 6.74. The highest BCUT2D eigenvalue weighted by atomic mass is 35.5. The number of hydrogen-bond acceptors (Lipinski definition) is 4. The first-order chi connectivity index (χ1) is 15.7. The second-order valence-corrected chi connectivity index (χ2v) is 16.4. The van der Waals surface area contributed by atoms with Crippen molar-refractivity contribution in [3.8, 4) is 0 Å². The average Bonchev–Trinajstić information content (AvgIpc) is 3.11. The molecular formula is C25H37ClN4O3Si. The van der Waals surface area contributed by atoms with E-state index in [0.29, 0.717) is 12.4 Å². The van der Waals surface area contributed by atoms with Crippen molar-refractivity contribution >= 4 is 47.9 Å². The van der Waals surface area contributed by atoms with Crippen LogP contribution in [0, 0.1) is 0 Å². The Hall–Kier alpha value is -2.16. The lowest BCUT2D eigenvalue weighted by atomic mass is 10.1. The van der Waals surface area contributed by atoms with Gasteiger partial charge in [0, 0.05) is 17.5 Å². The molecule has 0 saturated heterocycles. The Kier molecular flexibility index (Phi) is 7.37. The van der Waals surface area contributed by atoms with E-state index in [1.165, 1.54) is 4.90 Å². The van der Waals surface area contributed by atoms with Gasteiger partial charge in [0.2, 0.25) is 0 Å². The lowest BCUT2D eigenvalue weighted by molar-refractivity contribution is 0.0809. The summed E-state index contributed by atoms with van der Waals surface area (Å²) in [4.78, 5) is 23.1. The monoisotopic (exact) mass is 504 g/mol. The Morgan fingerprint density at radius 2 is 1.82 bits per heavy atom. The molecule has 3 rings (SSSR count). The first-order valence-electron chi connectivity index (χ1n) is 11.6. The maximum absolute atomic E-state index is 12.3. The molecule has 0 saturated carbocycles. The van der Waals surface area contributed by atoms with Gasteiger partial charge in [-0.1, -0.05) is 39.0 Å². The molecule has 0 aliphatic carbocycles. The third-order valence-electron chi connectivity index (χ3n) is 6.86. The number of rotatable bonds is 7. The lowest BCUT2D eigenvalue weighted by Crippen LogP contribution is -2.49. The molecule has 1 N–H and O–H groups in total. The molecule has 0 aliphatic heterocycles. The van der Waals surface area contributed by atoms with E-state index in [0.717, 1.165) is 21.9 Å². The Bertz CT molecular complexity index is 1180. The number of carbonyl (C=O) groups is 1. The zero-order valence-corrected chi connectivity index (χ0v) is 23.3. The van der Waals surface area contributed by atoms with E-state index < -0.39 is 19.9 Å². The first-order valence-corrected chi connectivity index (χ1v) is 15.1. The molecule has 0 fully saturated rings. The van der Waals surface area contributed by atoms with E-state index >= 15 is 0 Å². The minimum Gasteiger partial charge on any atom is -0.465 e. The SMILES string of the molecule is CC(C)(C)N(CC(CO[Si](C)(C)C(C)(C)C)n1c(CCl)nc2cnc3ccccc3c21)C(=O)O. The van der Waals surface area contributed by atoms with Crippen molar-refractivity contribution < 1.29 is 14.3 Å². The van der Waals surface area contributed by atoms with E-state index in [1.807, 2.05) is 45.0 Å². The molecule has 1 atom stereocenters. The smallest absolute Gasteiger partial charge is 0.407 e. The van der Waals surface area contributed by atoms with Gasteiger partial charge >= 0.3 is 6.09 Å². The van der Waals surface area contributed by atoms with Gasteiger partial charge < -0.3 is 19.0 Å². The van der Waals surface area contributed by atoms with E-state index in [2.05, 4.69) is 43.4 Å². The van der Waals surface area contributed by atoms with Crippen molar-refractivity contribution in [3.63, 3.8) is 0 Å². The highest BCUT2D eigenvalue weighted by Gasteiger charge is 2.39. The number of pyridine rings is 1. The van der Waals surface area contributed by atoms with Crippen LogP contribution in [0.4, 0.5) is 4.79 Å². The summed E-state index contributed by atoms with van der Waals surface area (Å²) in [5.41, 5.74) is 1.92. The first kappa shape index (κ1) is 26.4. The number of amides is 1. The summed E-state index contributed by atoms with van der Waals surface area (Å²) in [7, 11) is -2.10. The summed E-state index contributed by atoms with van der Waals surface area (Å²) in [6.45, 7) is 17.3. The van der Waals surface area contributed by atoms with Crippen LogP contribution < -0.4 is 0 Å². The molecule has 2 heterocycles. The van der Waals surface area contributed by atoms with Crippen LogP contribution in [0.25, 0.3) is 21.9 Å². The second-order valence-electron chi connectivity index (χ2n) is 11.3. The molecule has 0 bridgehead atoms. The van der Waals surface area contributed by atoms with Gasteiger partial charge in [0.15, 0.2) is 8.32 Å². The molecule has 1 amide bonds. The zero-order chi connectivity index (χ0) is 25.5. The van der Waals surface area contributed by atoms with Crippen LogP contribution in [0.3, 0.4) is 0 Å². The van der Waals surface area contributed by atoms with Crippen molar-refractivity contribution in [2.75, 3.05) is 13.2 Å². The van der Waals surface area contributed by atoms with Crippen LogP contribution in [0.1, 0.15) is 53.4 Å². The highest BCUT2D eigenvalue weighted by Crippen LogP contribution is 2.38. The van der Waals surface area contributed by atoms with Crippen LogP contribution in [-0.4, -0.2) is 57.6 Å². The fourth-order valence-corrected chi connectivity index (χ4v) is 5.07. The predicted octanol–water partition coefficient (Wildman–Crippen LogP) is 6.66. The van der Waals surface area contributed by atoms with Gasteiger partial charge in [0.1, 0.15) is 11.3 Å². The van der Waals surface area contributed by atoms with Crippen LogP contribution in [0.2, 0.25) is 18.1 Å². The Balaban J connectivity index is 2.21. The van der Waals surface area contributed by atoms with Crippen LogP contribution in [-0.2, 0) is 10.3 Å². The number of halogens is 1. The minimum absolute atomic E-state index is 0.0248. The quantitative estimate of drug-likeness (QED) is 0.287. The van der Waals surface area contributed by atoms with Gasteiger partial charge in [-0.2, -0.15) is 0 Å². The summed E-state index contributed by atoms with van der Waals surface area (Å²) < 4.78 is 8.73. The Morgan fingerprint density at radius 3 is 2.38 bits per heavy atom. The van der Waals surface area contributed by atoms with Crippen molar-refractivity contribution in [3.05, 3.63) is 36.3 Å². The third kappa shape index (κ3) is 5.24. The Morgan fingerprint density at radius 1 is 1.18 bits per heavy atom. The molecule has 0 radical (unpaired) electrons. The molecule has 34 heavy (non-hydrogen) atoms. The van der Waals surface area contributed by atoms with E-state index in [-0.39, 0.29) is 23.5 Å². The van der Waals surface area contributed by atoms with Crippen LogP contribution in [0.5, 0.6) is 0 Å². The standard InChI is InChI=1S/C25H37ClN4O3Si/c1-24(2,3)29(23(31)32)15-17(16-33-34(7,8)25(4,5)6)30-21(13-26)28-20-14-27-19-12-10-9-11-18(19)22(20)30/h9-12,14,17H,13,15-16H2,1-8H3,(H,31,32).